The van der Waals surface area contributed by atoms with E-state index in [1.807, 2.05) is 0 Å². The summed E-state index contributed by atoms with van der Waals surface area (Å²) in [6.07, 6.45) is 0. The minimum absolute atomic E-state index is 0.115. The van der Waals surface area contributed by atoms with Gasteiger partial charge in [0.05, 0.1) is 12.1 Å². The monoisotopic (exact) mass is 448 g/mol. The number of rotatable bonds is 9. The Bertz CT molecular complexity index is 1060. The molecule has 0 aliphatic carbocycles. The van der Waals surface area contributed by atoms with Crippen LogP contribution in [0.1, 0.15) is 56.6 Å². The molecule has 0 heterocycles. The van der Waals surface area contributed by atoms with Crippen LogP contribution in [0.2, 0.25) is 0 Å². The Labute approximate surface area is 205 Å². The maximum atomic E-state index is 3.92. The molecule has 0 radical (unpaired) electrons. The van der Waals surface area contributed by atoms with Gasteiger partial charge in [-0.15, -0.1) is 0 Å². The highest BCUT2D eigenvalue weighted by Gasteiger charge is 2.25. The van der Waals surface area contributed by atoms with Gasteiger partial charge in [0.25, 0.3) is 0 Å². The first kappa shape index (κ1) is 23.9. The SMILES string of the molecule is Cc1cc(C)cc([C@H](NCc2ccccc2)[C@@H](NCc2ccccc2)c2cc(C)cc(C)c2)c1. The molecule has 2 nitrogen and oxygen atoms in total. The first-order valence-corrected chi connectivity index (χ1v) is 12.2. The predicted molar refractivity (Wildman–Crippen MR) is 144 cm³/mol. The number of aryl methyl sites for hydroxylation is 4. The molecular formula is C32H36N2. The highest BCUT2D eigenvalue weighted by molar-refractivity contribution is 5.37. The predicted octanol–water partition coefficient (Wildman–Crippen LogP) is 7.28. The Balaban J connectivity index is 1.74. The van der Waals surface area contributed by atoms with Crippen molar-refractivity contribution in [3.63, 3.8) is 0 Å². The van der Waals surface area contributed by atoms with E-state index in [0.717, 1.165) is 13.1 Å². The average Bonchev–Trinajstić information content (AvgIpc) is 2.81. The van der Waals surface area contributed by atoms with Gasteiger partial charge >= 0.3 is 0 Å². The molecule has 2 heteroatoms. The molecule has 0 aromatic heterocycles. The van der Waals surface area contributed by atoms with Gasteiger partial charge in [-0.3, -0.25) is 0 Å². The molecule has 2 N–H and O–H groups in total. The second-order valence-corrected chi connectivity index (χ2v) is 9.53. The number of benzene rings is 4. The summed E-state index contributed by atoms with van der Waals surface area (Å²) in [6, 6.07) is 35.4. The summed E-state index contributed by atoms with van der Waals surface area (Å²) >= 11 is 0. The van der Waals surface area contributed by atoms with Crippen LogP contribution in [0.15, 0.2) is 97.1 Å². The summed E-state index contributed by atoms with van der Waals surface area (Å²) < 4.78 is 0. The molecule has 0 unspecified atom stereocenters. The number of hydrogen-bond donors (Lipinski definition) is 2. The standard InChI is InChI=1S/C32H36N2/c1-23-15-24(2)18-29(17-23)31(33-21-27-11-7-5-8-12-27)32(30-19-25(3)16-26(4)20-30)34-22-28-13-9-6-10-14-28/h5-20,31-34H,21-22H2,1-4H3/t31-,32-/m0/s1. The molecule has 0 amide bonds. The largest absolute Gasteiger partial charge is 0.304 e. The van der Waals surface area contributed by atoms with Gasteiger partial charge < -0.3 is 10.6 Å². The minimum atomic E-state index is 0.115. The Kier molecular flexibility index (Phi) is 7.95. The van der Waals surface area contributed by atoms with Crippen molar-refractivity contribution < 1.29 is 0 Å². The van der Waals surface area contributed by atoms with E-state index in [9.17, 15) is 0 Å². The fraction of sp³-hybridized carbons (Fsp3) is 0.250. The van der Waals surface area contributed by atoms with E-state index in [1.54, 1.807) is 0 Å². The van der Waals surface area contributed by atoms with Crippen LogP contribution in [0.3, 0.4) is 0 Å². The molecule has 4 rings (SSSR count). The van der Waals surface area contributed by atoms with Crippen molar-refractivity contribution in [2.45, 2.75) is 52.9 Å². The summed E-state index contributed by atoms with van der Waals surface area (Å²) in [4.78, 5) is 0. The van der Waals surface area contributed by atoms with Gasteiger partial charge in [0.1, 0.15) is 0 Å². The molecular weight excluding hydrogens is 412 g/mol. The Morgan fingerprint density at radius 3 is 1.12 bits per heavy atom. The van der Waals surface area contributed by atoms with Crippen molar-refractivity contribution in [3.8, 4) is 0 Å². The zero-order valence-corrected chi connectivity index (χ0v) is 20.8. The van der Waals surface area contributed by atoms with E-state index in [2.05, 4.69) is 135 Å². The van der Waals surface area contributed by atoms with E-state index >= 15 is 0 Å². The van der Waals surface area contributed by atoms with Gasteiger partial charge in [0, 0.05) is 13.1 Å². The maximum absolute atomic E-state index is 3.92. The molecule has 34 heavy (non-hydrogen) atoms. The third kappa shape index (κ3) is 6.44. The topological polar surface area (TPSA) is 24.1 Å². The molecule has 174 valence electrons. The van der Waals surface area contributed by atoms with Gasteiger partial charge in [0.2, 0.25) is 0 Å². The third-order valence-corrected chi connectivity index (χ3v) is 6.28. The zero-order valence-electron chi connectivity index (χ0n) is 20.8. The van der Waals surface area contributed by atoms with Gasteiger partial charge in [-0.1, -0.05) is 119 Å². The zero-order chi connectivity index (χ0) is 23.9. The van der Waals surface area contributed by atoms with E-state index in [4.69, 9.17) is 0 Å². The average molecular weight is 449 g/mol. The first-order valence-electron chi connectivity index (χ1n) is 12.2. The molecule has 2 atom stereocenters. The van der Waals surface area contributed by atoms with Crippen LogP contribution in [0, 0.1) is 27.7 Å². The van der Waals surface area contributed by atoms with Crippen LogP contribution in [-0.4, -0.2) is 0 Å². The molecule has 0 aliphatic rings. The second kappa shape index (κ2) is 11.3. The molecule has 0 aliphatic heterocycles. The first-order chi connectivity index (χ1) is 16.5. The number of hydrogen-bond acceptors (Lipinski definition) is 2. The van der Waals surface area contributed by atoms with Gasteiger partial charge in [-0.25, -0.2) is 0 Å². The molecule has 0 fully saturated rings. The second-order valence-electron chi connectivity index (χ2n) is 9.53. The highest BCUT2D eigenvalue weighted by Crippen LogP contribution is 2.32. The molecule has 0 spiro atoms. The van der Waals surface area contributed by atoms with Crippen molar-refractivity contribution in [2.24, 2.45) is 0 Å². The summed E-state index contributed by atoms with van der Waals surface area (Å²) in [5.41, 5.74) is 10.4. The highest BCUT2D eigenvalue weighted by atomic mass is 15.0. The van der Waals surface area contributed by atoms with Crippen LogP contribution in [0.5, 0.6) is 0 Å². The molecule has 4 aromatic rings. The van der Waals surface area contributed by atoms with Crippen LogP contribution < -0.4 is 10.6 Å². The van der Waals surface area contributed by atoms with Gasteiger partial charge in [0.15, 0.2) is 0 Å². The van der Waals surface area contributed by atoms with Crippen LogP contribution in [0.4, 0.5) is 0 Å². The third-order valence-electron chi connectivity index (χ3n) is 6.28. The molecule has 0 saturated carbocycles. The Hall–Kier alpha value is -3.20. The summed E-state index contributed by atoms with van der Waals surface area (Å²) in [5.74, 6) is 0. The quantitative estimate of drug-likeness (QED) is 0.281. The minimum Gasteiger partial charge on any atom is -0.304 e. The van der Waals surface area contributed by atoms with Gasteiger partial charge in [-0.2, -0.15) is 0 Å². The number of nitrogens with one attached hydrogen (secondary N) is 2. The lowest BCUT2D eigenvalue weighted by Crippen LogP contribution is -2.35. The fourth-order valence-corrected chi connectivity index (χ4v) is 4.88. The van der Waals surface area contributed by atoms with Crippen molar-refractivity contribution in [2.75, 3.05) is 0 Å². The smallest absolute Gasteiger partial charge is 0.0521 e. The summed E-state index contributed by atoms with van der Waals surface area (Å²) in [5, 5.41) is 7.84. The Morgan fingerprint density at radius 1 is 0.471 bits per heavy atom. The lowest BCUT2D eigenvalue weighted by molar-refractivity contribution is 0.380. The van der Waals surface area contributed by atoms with E-state index in [0.29, 0.717) is 0 Å². The lowest BCUT2D eigenvalue weighted by atomic mass is 9.89. The van der Waals surface area contributed by atoms with Gasteiger partial charge in [-0.05, 0) is 49.9 Å². The molecule has 0 saturated heterocycles. The van der Waals surface area contributed by atoms with E-state index < -0.39 is 0 Å². The van der Waals surface area contributed by atoms with E-state index in [1.165, 1.54) is 44.5 Å². The molecule has 4 aromatic carbocycles. The lowest BCUT2D eigenvalue weighted by Gasteiger charge is -2.31. The van der Waals surface area contributed by atoms with Crippen molar-refractivity contribution in [1.29, 1.82) is 0 Å². The fourth-order valence-electron chi connectivity index (χ4n) is 4.88. The van der Waals surface area contributed by atoms with E-state index in [-0.39, 0.29) is 12.1 Å². The van der Waals surface area contributed by atoms with Crippen molar-refractivity contribution in [3.05, 3.63) is 142 Å². The Morgan fingerprint density at radius 2 is 0.794 bits per heavy atom. The normalized spacial score (nSPS) is 12.9. The summed E-state index contributed by atoms with van der Waals surface area (Å²) in [6.45, 7) is 10.4. The van der Waals surface area contributed by atoms with Crippen LogP contribution in [0.25, 0.3) is 0 Å². The van der Waals surface area contributed by atoms with Crippen LogP contribution >= 0.6 is 0 Å². The molecule has 0 bridgehead atoms. The van der Waals surface area contributed by atoms with Crippen molar-refractivity contribution >= 4 is 0 Å². The van der Waals surface area contributed by atoms with Crippen molar-refractivity contribution in [1.82, 2.24) is 10.6 Å². The van der Waals surface area contributed by atoms with Crippen LogP contribution in [-0.2, 0) is 13.1 Å². The summed E-state index contributed by atoms with van der Waals surface area (Å²) in [7, 11) is 0. The maximum Gasteiger partial charge on any atom is 0.0521 e.